The number of para-hydroxylation sites is 1. The Morgan fingerprint density at radius 1 is 1.59 bits per heavy atom. The predicted octanol–water partition coefficient (Wildman–Crippen LogP) is 1.52. The Balaban J connectivity index is 3.19. The molecule has 0 saturated carbocycles. The Morgan fingerprint density at radius 3 is 2.82 bits per heavy atom. The third kappa shape index (κ3) is 2.82. The monoisotopic (exact) mass is 232 g/mol. The van der Waals surface area contributed by atoms with Crippen LogP contribution in [0.1, 0.15) is 22.8 Å². The van der Waals surface area contributed by atoms with Crippen molar-refractivity contribution in [1.82, 2.24) is 5.32 Å². The summed E-state index contributed by atoms with van der Waals surface area (Å²) in [6.45, 7) is 1.85. The number of terminal acetylenes is 1. The molecule has 1 amide bonds. The van der Waals surface area contributed by atoms with Crippen molar-refractivity contribution < 1.29 is 9.72 Å². The van der Waals surface area contributed by atoms with Gasteiger partial charge < -0.3 is 5.32 Å². The van der Waals surface area contributed by atoms with Gasteiger partial charge in [-0.1, -0.05) is 25.0 Å². The van der Waals surface area contributed by atoms with E-state index in [0.29, 0.717) is 12.0 Å². The number of benzene rings is 1. The molecule has 5 heteroatoms. The average Bonchev–Trinajstić information content (AvgIpc) is 2.34. The maximum absolute atomic E-state index is 11.7. The van der Waals surface area contributed by atoms with Gasteiger partial charge in [-0.25, -0.2) is 0 Å². The molecule has 1 rings (SSSR count). The highest BCUT2D eigenvalue weighted by Crippen LogP contribution is 2.24. The van der Waals surface area contributed by atoms with Crippen molar-refractivity contribution in [3.05, 3.63) is 39.4 Å². The van der Waals surface area contributed by atoms with E-state index >= 15 is 0 Å². The Bertz CT molecular complexity index is 489. The van der Waals surface area contributed by atoms with Crippen LogP contribution >= 0.6 is 0 Å². The SMILES string of the molecule is C#CCNC(=O)c1cccc(CC)c1[N+](=O)[O-]. The number of amides is 1. The summed E-state index contributed by atoms with van der Waals surface area (Å²) in [5, 5.41) is 13.4. The van der Waals surface area contributed by atoms with Crippen molar-refractivity contribution in [1.29, 1.82) is 0 Å². The number of nitro benzene ring substituents is 1. The van der Waals surface area contributed by atoms with Crippen molar-refractivity contribution in [3.63, 3.8) is 0 Å². The molecule has 0 heterocycles. The zero-order valence-electron chi connectivity index (χ0n) is 9.40. The molecule has 1 N–H and O–H groups in total. The standard InChI is InChI=1S/C12H12N2O3/c1-3-8-13-12(15)10-7-5-6-9(4-2)11(10)14(16)17/h1,5-7H,4,8H2,2H3,(H,13,15). The fourth-order valence-electron chi connectivity index (χ4n) is 1.50. The minimum atomic E-state index is -0.538. The first kappa shape index (κ1) is 12.7. The molecule has 88 valence electrons. The molecule has 0 atom stereocenters. The van der Waals surface area contributed by atoms with Crippen molar-refractivity contribution in [2.24, 2.45) is 0 Å². The lowest BCUT2D eigenvalue weighted by Crippen LogP contribution is -2.24. The quantitative estimate of drug-likeness (QED) is 0.486. The van der Waals surface area contributed by atoms with Crippen LogP contribution in [-0.4, -0.2) is 17.4 Å². The highest BCUT2D eigenvalue weighted by Gasteiger charge is 2.22. The molecule has 1 aromatic carbocycles. The molecule has 0 aliphatic heterocycles. The normalized spacial score (nSPS) is 9.41. The minimum Gasteiger partial charge on any atom is -0.341 e. The number of rotatable bonds is 4. The number of carbonyl (C=O) groups excluding carboxylic acids is 1. The van der Waals surface area contributed by atoms with Crippen molar-refractivity contribution in [2.75, 3.05) is 6.54 Å². The first-order valence-corrected chi connectivity index (χ1v) is 5.09. The summed E-state index contributed by atoms with van der Waals surface area (Å²) < 4.78 is 0. The molecule has 0 aliphatic rings. The van der Waals surface area contributed by atoms with Gasteiger partial charge in [0.1, 0.15) is 5.56 Å². The van der Waals surface area contributed by atoms with Crippen LogP contribution in [0.25, 0.3) is 0 Å². The molecular formula is C12H12N2O3. The highest BCUT2D eigenvalue weighted by atomic mass is 16.6. The first-order valence-electron chi connectivity index (χ1n) is 5.09. The summed E-state index contributed by atoms with van der Waals surface area (Å²) in [5.74, 6) is 1.72. The Labute approximate surface area is 99.0 Å². The number of carbonyl (C=O) groups is 1. The van der Waals surface area contributed by atoms with Gasteiger partial charge in [0, 0.05) is 5.56 Å². The predicted molar refractivity (Wildman–Crippen MR) is 63.6 cm³/mol. The second-order valence-corrected chi connectivity index (χ2v) is 3.31. The van der Waals surface area contributed by atoms with E-state index in [-0.39, 0.29) is 17.8 Å². The van der Waals surface area contributed by atoms with Gasteiger partial charge in [-0.15, -0.1) is 6.42 Å². The Kier molecular flexibility index (Phi) is 4.23. The van der Waals surface area contributed by atoms with Gasteiger partial charge in [0.05, 0.1) is 11.5 Å². The second-order valence-electron chi connectivity index (χ2n) is 3.31. The third-order valence-corrected chi connectivity index (χ3v) is 2.28. The fourth-order valence-corrected chi connectivity index (χ4v) is 1.50. The van der Waals surface area contributed by atoms with Crippen molar-refractivity contribution >= 4 is 11.6 Å². The van der Waals surface area contributed by atoms with Gasteiger partial charge in [-0.2, -0.15) is 0 Å². The molecule has 0 radical (unpaired) electrons. The molecule has 0 bridgehead atoms. The van der Waals surface area contributed by atoms with E-state index < -0.39 is 10.8 Å². The zero-order valence-corrected chi connectivity index (χ0v) is 9.40. The lowest BCUT2D eigenvalue weighted by molar-refractivity contribution is -0.385. The average molecular weight is 232 g/mol. The lowest BCUT2D eigenvalue weighted by atomic mass is 10.0. The summed E-state index contributed by atoms with van der Waals surface area (Å²) in [7, 11) is 0. The van der Waals surface area contributed by atoms with E-state index in [0.717, 1.165) is 0 Å². The number of hydrogen-bond acceptors (Lipinski definition) is 3. The van der Waals surface area contributed by atoms with E-state index in [1.54, 1.807) is 19.1 Å². The maximum Gasteiger partial charge on any atom is 0.285 e. The molecule has 0 aromatic heterocycles. The molecule has 17 heavy (non-hydrogen) atoms. The number of nitro groups is 1. The van der Waals surface area contributed by atoms with Gasteiger partial charge >= 0.3 is 0 Å². The van der Waals surface area contributed by atoms with Crippen LogP contribution < -0.4 is 5.32 Å². The number of nitrogens with one attached hydrogen (secondary N) is 1. The lowest BCUT2D eigenvalue weighted by Gasteiger charge is -2.06. The number of hydrogen-bond donors (Lipinski definition) is 1. The van der Waals surface area contributed by atoms with Crippen LogP contribution in [0, 0.1) is 22.5 Å². The van der Waals surface area contributed by atoms with Crippen LogP contribution in [0.3, 0.4) is 0 Å². The molecule has 0 unspecified atom stereocenters. The van der Waals surface area contributed by atoms with Crippen LogP contribution in [-0.2, 0) is 6.42 Å². The van der Waals surface area contributed by atoms with E-state index in [9.17, 15) is 14.9 Å². The van der Waals surface area contributed by atoms with Crippen molar-refractivity contribution in [3.8, 4) is 12.3 Å². The summed E-state index contributed by atoms with van der Waals surface area (Å²) in [5.41, 5.74) is 0.428. The second kappa shape index (κ2) is 5.66. The highest BCUT2D eigenvalue weighted by molar-refractivity contribution is 5.98. The largest absolute Gasteiger partial charge is 0.341 e. The molecular weight excluding hydrogens is 220 g/mol. The van der Waals surface area contributed by atoms with Gasteiger partial charge in [-0.3, -0.25) is 14.9 Å². The fraction of sp³-hybridized carbons (Fsp3) is 0.250. The van der Waals surface area contributed by atoms with Gasteiger partial charge in [0.15, 0.2) is 0 Å². The summed E-state index contributed by atoms with van der Waals surface area (Å²) in [6, 6.07) is 4.68. The Morgan fingerprint density at radius 2 is 2.29 bits per heavy atom. The van der Waals surface area contributed by atoms with E-state index in [1.807, 2.05) is 0 Å². The number of nitrogens with zero attached hydrogens (tertiary/aromatic N) is 1. The molecule has 5 nitrogen and oxygen atoms in total. The summed E-state index contributed by atoms with van der Waals surface area (Å²) in [4.78, 5) is 22.1. The van der Waals surface area contributed by atoms with E-state index in [4.69, 9.17) is 6.42 Å². The molecule has 0 saturated heterocycles. The zero-order chi connectivity index (χ0) is 12.8. The summed E-state index contributed by atoms with van der Waals surface area (Å²) in [6.07, 6.45) is 5.50. The number of aryl methyl sites for hydroxylation is 1. The summed E-state index contributed by atoms with van der Waals surface area (Å²) >= 11 is 0. The first-order chi connectivity index (χ1) is 8.11. The van der Waals surface area contributed by atoms with Gasteiger partial charge in [0.2, 0.25) is 0 Å². The molecule has 1 aromatic rings. The topological polar surface area (TPSA) is 72.2 Å². The van der Waals surface area contributed by atoms with E-state index in [2.05, 4.69) is 11.2 Å². The van der Waals surface area contributed by atoms with Crippen LogP contribution in [0.4, 0.5) is 5.69 Å². The van der Waals surface area contributed by atoms with Crippen LogP contribution in [0.2, 0.25) is 0 Å². The van der Waals surface area contributed by atoms with Crippen LogP contribution in [0.15, 0.2) is 18.2 Å². The maximum atomic E-state index is 11.7. The third-order valence-electron chi connectivity index (χ3n) is 2.28. The van der Waals surface area contributed by atoms with Gasteiger partial charge in [0.25, 0.3) is 11.6 Å². The van der Waals surface area contributed by atoms with E-state index in [1.165, 1.54) is 6.07 Å². The Hall–Kier alpha value is -2.35. The molecule has 0 spiro atoms. The van der Waals surface area contributed by atoms with Crippen LogP contribution in [0.5, 0.6) is 0 Å². The van der Waals surface area contributed by atoms with Gasteiger partial charge in [-0.05, 0) is 12.5 Å². The smallest absolute Gasteiger partial charge is 0.285 e. The molecule has 0 aliphatic carbocycles. The van der Waals surface area contributed by atoms with Crippen molar-refractivity contribution in [2.45, 2.75) is 13.3 Å². The minimum absolute atomic E-state index is 0.0459. The molecule has 0 fully saturated rings.